The molecule has 0 heterocycles. The van der Waals surface area contributed by atoms with Crippen molar-refractivity contribution in [3.63, 3.8) is 0 Å². The Labute approximate surface area is 184 Å². The van der Waals surface area contributed by atoms with Crippen molar-refractivity contribution >= 4 is 54.5 Å². The van der Waals surface area contributed by atoms with Crippen molar-refractivity contribution in [2.45, 2.75) is 14.7 Å². The van der Waals surface area contributed by atoms with E-state index in [1.807, 2.05) is 0 Å². The predicted molar refractivity (Wildman–Crippen MR) is 116 cm³/mol. The van der Waals surface area contributed by atoms with E-state index in [1.165, 1.54) is 54.6 Å². The number of rotatable bonds is 5. The molecule has 1 N–H and O–H groups in total. The first kappa shape index (κ1) is 22.3. The number of sulfone groups is 2. The number of halogens is 2. The van der Waals surface area contributed by atoms with Crippen LogP contribution in [0.5, 0.6) is 0 Å². The number of nitrogens with one attached hydrogen (secondary N) is 1. The second-order valence-corrected chi connectivity index (χ2v) is 11.1. The second kappa shape index (κ2) is 8.39. The molecule has 0 radical (unpaired) electrons. The molecule has 0 bridgehead atoms. The maximum atomic E-state index is 12.7. The van der Waals surface area contributed by atoms with Crippen molar-refractivity contribution in [2.75, 3.05) is 11.6 Å². The van der Waals surface area contributed by atoms with Crippen LogP contribution < -0.4 is 5.32 Å². The lowest BCUT2D eigenvalue weighted by Gasteiger charge is -2.10. The van der Waals surface area contributed by atoms with E-state index in [9.17, 15) is 21.6 Å². The Kier molecular flexibility index (Phi) is 6.24. The number of benzene rings is 3. The first-order chi connectivity index (χ1) is 14.0. The van der Waals surface area contributed by atoms with Crippen molar-refractivity contribution in [3.05, 3.63) is 82.3 Å². The third-order valence-electron chi connectivity index (χ3n) is 4.16. The zero-order valence-electron chi connectivity index (χ0n) is 15.5. The standard InChI is InChI=1S/C20H15Cl2NO5S2/c1-29(25,26)15-10-11-16(18(22)12-15)20(24)23-13-6-8-14(9-7-13)30(27,28)19-5-3-2-4-17(19)21/h2-12H,1H3,(H,23,24). The Morgan fingerprint density at radius 3 is 1.97 bits per heavy atom. The van der Waals surface area contributed by atoms with Crippen LogP contribution in [0.3, 0.4) is 0 Å². The molecule has 0 spiro atoms. The van der Waals surface area contributed by atoms with Crippen molar-refractivity contribution in [1.29, 1.82) is 0 Å². The summed E-state index contributed by atoms with van der Waals surface area (Å²) in [6, 6.07) is 15.5. The Morgan fingerprint density at radius 2 is 1.40 bits per heavy atom. The zero-order chi connectivity index (χ0) is 22.1. The topological polar surface area (TPSA) is 97.4 Å². The fourth-order valence-electron chi connectivity index (χ4n) is 2.62. The average molecular weight is 484 g/mol. The molecule has 0 aliphatic heterocycles. The highest BCUT2D eigenvalue weighted by molar-refractivity contribution is 7.91. The van der Waals surface area contributed by atoms with Gasteiger partial charge in [0.15, 0.2) is 9.84 Å². The third-order valence-corrected chi connectivity index (χ3v) is 7.85. The summed E-state index contributed by atoms with van der Waals surface area (Å²) in [5.41, 5.74) is 0.415. The van der Waals surface area contributed by atoms with Gasteiger partial charge in [0, 0.05) is 11.9 Å². The number of anilines is 1. The minimum absolute atomic E-state index is 0.00168. The predicted octanol–water partition coefficient (Wildman–Crippen LogP) is 4.48. The van der Waals surface area contributed by atoms with Crippen molar-refractivity contribution in [1.82, 2.24) is 0 Å². The van der Waals surface area contributed by atoms with E-state index >= 15 is 0 Å². The summed E-state index contributed by atoms with van der Waals surface area (Å²) >= 11 is 12.0. The van der Waals surface area contributed by atoms with Gasteiger partial charge in [-0.1, -0.05) is 35.3 Å². The van der Waals surface area contributed by atoms with Crippen LogP contribution in [0.4, 0.5) is 5.69 Å². The van der Waals surface area contributed by atoms with E-state index in [2.05, 4.69) is 5.32 Å². The van der Waals surface area contributed by atoms with Crippen molar-refractivity contribution < 1.29 is 21.6 Å². The molecule has 10 heteroatoms. The minimum Gasteiger partial charge on any atom is -0.322 e. The highest BCUT2D eigenvalue weighted by Crippen LogP contribution is 2.28. The molecular formula is C20H15Cl2NO5S2. The molecule has 0 saturated heterocycles. The molecule has 156 valence electrons. The molecule has 0 fully saturated rings. The van der Waals surface area contributed by atoms with Gasteiger partial charge in [0.25, 0.3) is 5.91 Å². The quantitative estimate of drug-likeness (QED) is 0.576. The zero-order valence-corrected chi connectivity index (χ0v) is 18.6. The van der Waals surface area contributed by atoms with Gasteiger partial charge in [-0.3, -0.25) is 4.79 Å². The first-order valence-corrected chi connectivity index (χ1v) is 12.5. The van der Waals surface area contributed by atoms with E-state index in [-0.39, 0.29) is 30.3 Å². The van der Waals surface area contributed by atoms with Crippen LogP contribution in [0.1, 0.15) is 10.4 Å². The summed E-state index contributed by atoms with van der Waals surface area (Å²) in [6.45, 7) is 0. The summed E-state index contributed by atoms with van der Waals surface area (Å²) < 4.78 is 48.6. The van der Waals surface area contributed by atoms with Gasteiger partial charge in [-0.2, -0.15) is 0 Å². The molecular weight excluding hydrogens is 469 g/mol. The molecule has 0 aliphatic rings. The largest absolute Gasteiger partial charge is 0.322 e. The highest BCUT2D eigenvalue weighted by atomic mass is 35.5. The van der Waals surface area contributed by atoms with Crippen LogP contribution in [0, 0.1) is 0 Å². The van der Waals surface area contributed by atoms with Crippen LogP contribution in [0.2, 0.25) is 10.0 Å². The lowest BCUT2D eigenvalue weighted by atomic mass is 10.2. The van der Waals surface area contributed by atoms with Gasteiger partial charge in [0.1, 0.15) is 0 Å². The van der Waals surface area contributed by atoms with Crippen LogP contribution >= 0.6 is 23.2 Å². The molecule has 1 amide bonds. The molecule has 0 aliphatic carbocycles. The smallest absolute Gasteiger partial charge is 0.257 e. The molecule has 3 aromatic rings. The molecule has 0 saturated carbocycles. The van der Waals surface area contributed by atoms with Crippen LogP contribution in [0.15, 0.2) is 81.4 Å². The van der Waals surface area contributed by atoms with E-state index < -0.39 is 25.6 Å². The first-order valence-electron chi connectivity index (χ1n) is 8.41. The maximum absolute atomic E-state index is 12.7. The lowest BCUT2D eigenvalue weighted by molar-refractivity contribution is 0.102. The van der Waals surface area contributed by atoms with E-state index in [4.69, 9.17) is 23.2 Å². The fraction of sp³-hybridized carbons (Fsp3) is 0.0500. The lowest BCUT2D eigenvalue weighted by Crippen LogP contribution is -2.13. The number of carbonyl (C=O) groups is 1. The Bertz CT molecular complexity index is 1340. The molecule has 30 heavy (non-hydrogen) atoms. The van der Waals surface area contributed by atoms with E-state index in [0.717, 1.165) is 6.26 Å². The number of carbonyl (C=O) groups excluding carboxylic acids is 1. The van der Waals surface area contributed by atoms with Gasteiger partial charge in [-0.15, -0.1) is 0 Å². The van der Waals surface area contributed by atoms with Gasteiger partial charge in [-0.05, 0) is 54.6 Å². The molecule has 6 nitrogen and oxygen atoms in total. The Morgan fingerprint density at radius 1 is 0.800 bits per heavy atom. The van der Waals surface area contributed by atoms with Crippen LogP contribution in [-0.2, 0) is 19.7 Å². The van der Waals surface area contributed by atoms with Gasteiger partial charge < -0.3 is 5.32 Å². The summed E-state index contributed by atoms with van der Waals surface area (Å²) in [5.74, 6) is -0.568. The third kappa shape index (κ3) is 4.67. The molecule has 0 aromatic heterocycles. The van der Waals surface area contributed by atoms with E-state index in [0.29, 0.717) is 5.69 Å². The Hall–Kier alpha value is -2.39. The summed E-state index contributed by atoms with van der Waals surface area (Å²) in [5, 5.41) is 2.69. The molecule has 0 atom stereocenters. The summed E-state index contributed by atoms with van der Waals surface area (Å²) in [7, 11) is -7.27. The maximum Gasteiger partial charge on any atom is 0.257 e. The highest BCUT2D eigenvalue weighted by Gasteiger charge is 2.21. The van der Waals surface area contributed by atoms with Crippen LogP contribution in [-0.4, -0.2) is 29.0 Å². The summed E-state index contributed by atoms with van der Waals surface area (Å²) in [6.07, 6.45) is 1.04. The number of amides is 1. The van der Waals surface area contributed by atoms with Gasteiger partial charge in [-0.25, -0.2) is 16.8 Å². The minimum atomic E-state index is -3.82. The fourth-order valence-corrected chi connectivity index (χ4v) is 5.37. The monoisotopic (exact) mass is 483 g/mol. The molecule has 0 unspecified atom stereocenters. The average Bonchev–Trinajstić information content (AvgIpc) is 2.67. The number of hydrogen-bond acceptors (Lipinski definition) is 5. The van der Waals surface area contributed by atoms with Crippen molar-refractivity contribution in [2.24, 2.45) is 0 Å². The second-order valence-electron chi connectivity index (χ2n) is 6.33. The molecule has 3 rings (SSSR count). The Balaban J connectivity index is 1.83. The van der Waals surface area contributed by atoms with Crippen molar-refractivity contribution in [3.8, 4) is 0 Å². The summed E-state index contributed by atoms with van der Waals surface area (Å²) in [4.78, 5) is 12.5. The number of hydrogen-bond donors (Lipinski definition) is 1. The SMILES string of the molecule is CS(=O)(=O)c1ccc(C(=O)Nc2ccc(S(=O)(=O)c3ccccc3Cl)cc2)c(Cl)c1. The van der Waals surface area contributed by atoms with E-state index in [1.54, 1.807) is 12.1 Å². The molecule has 3 aromatic carbocycles. The van der Waals surface area contributed by atoms with Crippen LogP contribution in [0.25, 0.3) is 0 Å². The van der Waals surface area contributed by atoms with Gasteiger partial charge in [0.05, 0.1) is 30.3 Å². The normalized spacial score (nSPS) is 11.8. The van der Waals surface area contributed by atoms with Gasteiger partial charge >= 0.3 is 0 Å². The van der Waals surface area contributed by atoms with Gasteiger partial charge in [0.2, 0.25) is 9.84 Å².